The molecule has 1 aromatic heterocycles. The standard InChI is InChI=1S/C9H12N2O3S2/c1-16(13,14)11-8(6-12)7-15-9-4-2-3-5-10-9/h2-6,8,11H,7H2,1H3. The van der Waals surface area contributed by atoms with Crippen molar-refractivity contribution in [2.24, 2.45) is 0 Å². The minimum absolute atomic E-state index is 0.327. The molecule has 0 spiro atoms. The zero-order valence-corrected chi connectivity index (χ0v) is 10.3. The summed E-state index contributed by atoms with van der Waals surface area (Å²) in [6.07, 6.45) is 3.24. The summed E-state index contributed by atoms with van der Waals surface area (Å²) < 4.78 is 24.1. The lowest BCUT2D eigenvalue weighted by Gasteiger charge is -2.09. The molecular weight excluding hydrogens is 248 g/mol. The minimum Gasteiger partial charge on any atom is -0.302 e. The minimum atomic E-state index is -3.35. The second-order valence-corrected chi connectivity index (χ2v) is 5.93. The van der Waals surface area contributed by atoms with Crippen molar-refractivity contribution in [1.29, 1.82) is 0 Å². The highest BCUT2D eigenvalue weighted by Crippen LogP contribution is 2.14. The Bertz CT molecular complexity index is 433. The highest BCUT2D eigenvalue weighted by atomic mass is 32.2. The molecule has 0 bridgehead atoms. The van der Waals surface area contributed by atoms with Gasteiger partial charge in [0.2, 0.25) is 10.0 Å². The lowest BCUT2D eigenvalue weighted by Crippen LogP contribution is -2.36. The van der Waals surface area contributed by atoms with Crippen molar-refractivity contribution in [2.45, 2.75) is 11.1 Å². The molecule has 1 heterocycles. The van der Waals surface area contributed by atoms with E-state index in [9.17, 15) is 13.2 Å². The van der Waals surface area contributed by atoms with Crippen LogP contribution < -0.4 is 4.72 Å². The number of thioether (sulfide) groups is 1. The summed E-state index contributed by atoms with van der Waals surface area (Å²) in [5.41, 5.74) is 0. The van der Waals surface area contributed by atoms with Gasteiger partial charge >= 0.3 is 0 Å². The number of hydrogen-bond acceptors (Lipinski definition) is 5. The maximum absolute atomic E-state index is 10.9. The normalized spacial score (nSPS) is 13.3. The fourth-order valence-corrected chi connectivity index (χ4v) is 2.60. The number of sulfonamides is 1. The highest BCUT2D eigenvalue weighted by Gasteiger charge is 2.13. The summed E-state index contributed by atoms with van der Waals surface area (Å²) in [5, 5.41) is 0.754. The molecule has 1 N–H and O–H groups in total. The molecule has 1 unspecified atom stereocenters. The maximum atomic E-state index is 10.9. The number of carbonyl (C=O) groups is 1. The Balaban J connectivity index is 2.50. The van der Waals surface area contributed by atoms with Crippen LogP contribution in [0.5, 0.6) is 0 Å². The van der Waals surface area contributed by atoms with E-state index in [4.69, 9.17) is 0 Å². The molecule has 5 nitrogen and oxygen atoms in total. The number of nitrogens with zero attached hydrogens (tertiary/aromatic N) is 1. The molecule has 88 valence electrons. The van der Waals surface area contributed by atoms with Gasteiger partial charge in [-0.2, -0.15) is 0 Å². The van der Waals surface area contributed by atoms with Gasteiger partial charge in [-0.1, -0.05) is 6.07 Å². The Labute approximate surface area is 98.7 Å². The van der Waals surface area contributed by atoms with Crippen LogP contribution >= 0.6 is 11.8 Å². The molecule has 0 fully saturated rings. The first-order chi connectivity index (χ1) is 7.51. The van der Waals surface area contributed by atoms with Crippen LogP contribution in [0.2, 0.25) is 0 Å². The van der Waals surface area contributed by atoms with Crippen LogP contribution in [0.4, 0.5) is 0 Å². The summed E-state index contributed by atoms with van der Waals surface area (Å²) in [6.45, 7) is 0. The predicted molar refractivity (Wildman–Crippen MR) is 62.8 cm³/mol. The van der Waals surface area contributed by atoms with Crippen molar-refractivity contribution in [3.05, 3.63) is 24.4 Å². The fraction of sp³-hybridized carbons (Fsp3) is 0.333. The van der Waals surface area contributed by atoms with E-state index in [1.165, 1.54) is 11.8 Å². The third-order valence-corrected chi connectivity index (χ3v) is 3.37. The van der Waals surface area contributed by atoms with Crippen molar-refractivity contribution < 1.29 is 13.2 Å². The summed E-state index contributed by atoms with van der Waals surface area (Å²) in [4.78, 5) is 14.7. The van der Waals surface area contributed by atoms with Gasteiger partial charge in [0.15, 0.2) is 0 Å². The molecule has 0 aliphatic heterocycles. The molecule has 0 saturated carbocycles. The summed E-state index contributed by atoms with van der Waals surface area (Å²) in [5.74, 6) is 0.327. The van der Waals surface area contributed by atoms with E-state index in [1.54, 1.807) is 18.3 Å². The molecule has 1 atom stereocenters. The highest BCUT2D eigenvalue weighted by molar-refractivity contribution is 7.99. The van der Waals surface area contributed by atoms with Crippen molar-refractivity contribution in [1.82, 2.24) is 9.71 Å². The van der Waals surface area contributed by atoms with Gasteiger partial charge in [-0.15, -0.1) is 11.8 Å². The van der Waals surface area contributed by atoms with E-state index >= 15 is 0 Å². The first kappa shape index (κ1) is 13.1. The average Bonchev–Trinajstić information content (AvgIpc) is 2.24. The Kier molecular flexibility index (Phi) is 4.91. The van der Waals surface area contributed by atoms with E-state index in [2.05, 4.69) is 9.71 Å². The Morgan fingerprint density at radius 1 is 1.56 bits per heavy atom. The quantitative estimate of drug-likeness (QED) is 0.587. The lowest BCUT2D eigenvalue weighted by molar-refractivity contribution is -0.108. The second kappa shape index (κ2) is 5.97. The second-order valence-electron chi connectivity index (χ2n) is 3.11. The molecule has 0 aliphatic carbocycles. The van der Waals surface area contributed by atoms with Crippen LogP contribution in [0.15, 0.2) is 29.4 Å². The van der Waals surface area contributed by atoms with E-state index in [-0.39, 0.29) is 0 Å². The van der Waals surface area contributed by atoms with Crippen molar-refractivity contribution in [2.75, 3.05) is 12.0 Å². The van der Waals surface area contributed by atoms with Gasteiger partial charge in [-0.3, -0.25) is 0 Å². The fourth-order valence-electron chi connectivity index (χ4n) is 0.984. The molecule has 1 rings (SSSR count). The van der Waals surface area contributed by atoms with Crippen molar-refractivity contribution >= 4 is 28.1 Å². The van der Waals surface area contributed by atoms with Gasteiger partial charge in [0, 0.05) is 11.9 Å². The average molecular weight is 260 g/mol. The van der Waals surface area contributed by atoms with E-state index in [0.29, 0.717) is 12.0 Å². The van der Waals surface area contributed by atoms with Gasteiger partial charge < -0.3 is 4.79 Å². The topological polar surface area (TPSA) is 76.1 Å². The number of aromatic nitrogens is 1. The van der Waals surface area contributed by atoms with E-state index in [0.717, 1.165) is 11.3 Å². The SMILES string of the molecule is CS(=O)(=O)NC(C=O)CSc1ccccn1. The largest absolute Gasteiger partial charge is 0.302 e. The summed E-state index contributed by atoms with van der Waals surface area (Å²) in [7, 11) is -3.35. The zero-order chi connectivity index (χ0) is 12.0. The van der Waals surface area contributed by atoms with Gasteiger partial charge in [-0.05, 0) is 12.1 Å². The Morgan fingerprint density at radius 3 is 2.81 bits per heavy atom. The smallest absolute Gasteiger partial charge is 0.209 e. The van der Waals surface area contributed by atoms with Crippen LogP contribution in [0.25, 0.3) is 0 Å². The number of carbonyl (C=O) groups excluding carboxylic acids is 1. The molecule has 0 saturated heterocycles. The first-order valence-corrected chi connectivity index (χ1v) is 7.35. The molecule has 7 heteroatoms. The summed E-state index contributed by atoms with van der Waals surface area (Å²) in [6, 6.07) is 4.69. The third kappa shape index (κ3) is 5.24. The lowest BCUT2D eigenvalue weighted by atomic mass is 10.4. The Hall–Kier alpha value is -0.920. The zero-order valence-electron chi connectivity index (χ0n) is 8.66. The van der Waals surface area contributed by atoms with Gasteiger partial charge in [0.1, 0.15) is 6.29 Å². The maximum Gasteiger partial charge on any atom is 0.209 e. The molecule has 0 aliphatic rings. The summed E-state index contributed by atoms with van der Waals surface area (Å²) >= 11 is 1.32. The van der Waals surface area contributed by atoms with Crippen molar-refractivity contribution in [3.63, 3.8) is 0 Å². The van der Waals surface area contributed by atoms with Gasteiger partial charge in [-0.25, -0.2) is 18.1 Å². The Morgan fingerprint density at radius 2 is 2.31 bits per heavy atom. The third-order valence-electron chi connectivity index (χ3n) is 1.58. The molecular formula is C9H12N2O3S2. The van der Waals surface area contributed by atoms with E-state index in [1.807, 2.05) is 6.07 Å². The van der Waals surface area contributed by atoms with Crippen LogP contribution in [0.1, 0.15) is 0 Å². The van der Waals surface area contributed by atoms with Crippen LogP contribution in [-0.4, -0.2) is 37.7 Å². The predicted octanol–water partition coefficient (Wildman–Crippen LogP) is 0.290. The van der Waals surface area contributed by atoms with Crippen LogP contribution in [-0.2, 0) is 14.8 Å². The number of rotatable bonds is 6. The van der Waals surface area contributed by atoms with Gasteiger partial charge in [0.25, 0.3) is 0 Å². The van der Waals surface area contributed by atoms with Crippen molar-refractivity contribution in [3.8, 4) is 0 Å². The first-order valence-electron chi connectivity index (χ1n) is 4.47. The monoisotopic (exact) mass is 260 g/mol. The van der Waals surface area contributed by atoms with Gasteiger partial charge in [0.05, 0.1) is 17.3 Å². The molecule has 0 radical (unpaired) electrons. The van der Waals surface area contributed by atoms with E-state index < -0.39 is 16.1 Å². The molecule has 1 aromatic rings. The number of aldehydes is 1. The molecule has 0 amide bonds. The number of pyridine rings is 1. The number of nitrogens with one attached hydrogen (secondary N) is 1. The van der Waals surface area contributed by atoms with Crippen LogP contribution in [0, 0.1) is 0 Å². The number of hydrogen-bond donors (Lipinski definition) is 1. The molecule has 16 heavy (non-hydrogen) atoms. The van der Waals surface area contributed by atoms with Crippen LogP contribution in [0.3, 0.4) is 0 Å². The molecule has 0 aromatic carbocycles.